The molecular formula is C38H47N7O2. The van der Waals surface area contributed by atoms with Crippen LogP contribution >= 0.6 is 0 Å². The number of carbonyl (C=O) groups excluding carboxylic acids is 1. The summed E-state index contributed by atoms with van der Waals surface area (Å²) in [5.41, 5.74) is 5.25. The molecule has 2 aromatic carbocycles. The fourth-order valence-corrected chi connectivity index (χ4v) is 8.50. The molecule has 0 unspecified atom stereocenters. The van der Waals surface area contributed by atoms with Gasteiger partial charge in [0.15, 0.2) is 0 Å². The molecule has 3 heterocycles. The van der Waals surface area contributed by atoms with Crippen LogP contribution in [0.3, 0.4) is 0 Å². The topological polar surface area (TPSA) is 69.4 Å². The quantitative estimate of drug-likeness (QED) is 0.223. The minimum absolute atomic E-state index is 0.0684. The van der Waals surface area contributed by atoms with Crippen molar-refractivity contribution in [3.63, 3.8) is 0 Å². The molecule has 3 fully saturated rings. The minimum Gasteiger partial charge on any atom is -0.459 e. The fraction of sp³-hybridized carbons (Fsp3) is 0.526. The molecule has 2 atom stereocenters. The lowest BCUT2D eigenvalue weighted by atomic mass is 9.54. The number of hydrogen-bond donors (Lipinski definition) is 0. The summed E-state index contributed by atoms with van der Waals surface area (Å²) in [5, 5.41) is 2.52. The van der Waals surface area contributed by atoms with Crippen molar-refractivity contribution in [2.24, 2.45) is 5.41 Å². The van der Waals surface area contributed by atoms with Crippen molar-refractivity contribution in [3.8, 4) is 6.01 Å². The van der Waals surface area contributed by atoms with E-state index in [2.05, 4.69) is 83.4 Å². The summed E-state index contributed by atoms with van der Waals surface area (Å²) in [6, 6.07) is 13.8. The van der Waals surface area contributed by atoms with Crippen molar-refractivity contribution in [2.45, 2.75) is 77.1 Å². The first-order valence-electron chi connectivity index (χ1n) is 17.3. The third kappa shape index (κ3) is 6.04. The number of carbonyl (C=O) groups is 1. The molecule has 1 aromatic heterocycles. The van der Waals surface area contributed by atoms with Gasteiger partial charge in [0.25, 0.3) is 0 Å². The molecule has 7 rings (SSSR count). The first-order valence-corrected chi connectivity index (χ1v) is 17.3. The maximum absolute atomic E-state index is 12.6. The van der Waals surface area contributed by atoms with Gasteiger partial charge < -0.3 is 24.3 Å². The maximum Gasteiger partial charge on any atom is 0.318 e. The van der Waals surface area contributed by atoms with Gasteiger partial charge in [-0.25, -0.2) is 6.57 Å². The van der Waals surface area contributed by atoms with Gasteiger partial charge >= 0.3 is 6.01 Å². The first-order chi connectivity index (χ1) is 22.8. The number of aromatic nitrogens is 2. The van der Waals surface area contributed by atoms with Crippen molar-refractivity contribution in [1.29, 1.82) is 0 Å². The van der Waals surface area contributed by atoms with E-state index in [0.29, 0.717) is 43.6 Å². The van der Waals surface area contributed by atoms with Gasteiger partial charge in [0, 0.05) is 55.4 Å². The zero-order valence-corrected chi connectivity index (χ0v) is 28.1. The predicted octanol–water partition coefficient (Wildman–Crippen LogP) is 5.66. The van der Waals surface area contributed by atoms with Crippen LogP contribution < -0.4 is 14.5 Å². The van der Waals surface area contributed by atoms with Crippen LogP contribution in [-0.4, -0.2) is 90.2 Å². The summed E-state index contributed by atoms with van der Waals surface area (Å²) in [7, 11) is 2.22. The number of fused-ring (bicyclic) bond motifs is 2. The van der Waals surface area contributed by atoms with Crippen LogP contribution in [0.2, 0.25) is 0 Å². The van der Waals surface area contributed by atoms with Crippen molar-refractivity contribution in [1.82, 2.24) is 19.8 Å². The monoisotopic (exact) mass is 633 g/mol. The van der Waals surface area contributed by atoms with Crippen molar-refractivity contribution >= 4 is 28.2 Å². The largest absolute Gasteiger partial charge is 0.459 e. The molecule has 2 aliphatic heterocycles. The summed E-state index contributed by atoms with van der Waals surface area (Å²) >= 11 is 0. The lowest BCUT2D eigenvalue weighted by molar-refractivity contribution is -0.128. The molecule has 0 N–H and O–H groups in total. The molecule has 4 aliphatic rings. The number of amides is 1. The zero-order valence-electron chi connectivity index (χ0n) is 28.1. The Balaban J connectivity index is 1.17. The number of likely N-dealkylation sites (N-methyl/N-ethyl adjacent to an activating group) is 1. The lowest BCUT2D eigenvalue weighted by Crippen LogP contribution is -2.56. The molecule has 246 valence electrons. The lowest BCUT2D eigenvalue weighted by Gasteiger charge is -2.56. The average Bonchev–Trinajstić information content (AvgIpc) is 3.02. The minimum atomic E-state index is -0.227. The summed E-state index contributed by atoms with van der Waals surface area (Å²) in [6.45, 7) is 19.8. The Bertz CT molecular complexity index is 1700. The van der Waals surface area contributed by atoms with Crippen LogP contribution in [-0.2, 0) is 17.8 Å². The highest BCUT2D eigenvalue weighted by Crippen LogP contribution is 2.57. The predicted molar refractivity (Wildman–Crippen MR) is 187 cm³/mol. The second kappa shape index (κ2) is 12.8. The second-order valence-electron chi connectivity index (χ2n) is 14.3. The van der Waals surface area contributed by atoms with Gasteiger partial charge in [0.1, 0.15) is 18.0 Å². The van der Waals surface area contributed by atoms with E-state index in [0.717, 1.165) is 36.6 Å². The van der Waals surface area contributed by atoms with E-state index in [1.807, 2.05) is 0 Å². The van der Waals surface area contributed by atoms with Gasteiger partial charge in [-0.3, -0.25) is 9.69 Å². The van der Waals surface area contributed by atoms with Gasteiger partial charge in [0.2, 0.25) is 12.5 Å². The summed E-state index contributed by atoms with van der Waals surface area (Å²) in [6.07, 6.45) is 8.90. The number of aryl methyl sites for hydroxylation is 1. The Hall–Kier alpha value is -4.16. The highest BCUT2D eigenvalue weighted by Gasteiger charge is 2.49. The zero-order chi connectivity index (χ0) is 32.7. The summed E-state index contributed by atoms with van der Waals surface area (Å²) in [5.74, 6) is 0.756. The molecule has 9 nitrogen and oxygen atoms in total. The van der Waals surface area contributed by atoms with Gasteiger partial charge in [0.05, 0.1) is 12.2 Å². The number of piperazine rings is 1. The smallest absolute Gasteiger partial charge is 0.318 e. The number of ether oxygens (including phenoxy) is 1. The summed E-state index contributed by atoms with van der Waals surface area (Å²) in [4.78, 5) is 35.4. The molecule has 0 radical (unpaired) electrons. The van der Waals surface area contributed by atoms with E-state index in [4.69, 9.17) is 21.3 Å². The number of hydrogen-bond acceptors (Lipinski definition) is 7. The van der Waals surface area contributed by atoms with Crippen molar-refractivity contribution in [2.75, 3.05) is 56.1 Å². The Morgan fingerprint density at radius 2 is 1.96 bits per heavy atom. The Morgan fingerprint density at radius 3 is 2.68 bits per heavy atom. The molecule has 3 aromatic rings. The molecule has 9 heteroatoms. The number of benzene rings is 2. The van der Waals surface area contributed by atoms with Crippen LogP contribution in [0.1, 0.15) is 55.8 Å². The number of nitrogens with zero attached hydrogens (tertiary/aromatic N) is 7. The molecule has 2 saturated carbocycles. The van der Waals surface area contributed by atoms with Gasteiger partial charge in [-0.2, -0.15) is 9.97 Å². The van der Waals surface area contributed by atoms with E-state index < -0.39 is 0 Å². The van der Waals surface area contributed by atoms with E-state index >= 15 is 0 Å². The Kier molecular flexibility index (Phi) is 8.56. The molecule has 0 bridgehead atoms. The molecule has 1 spiro atoms. The van der Waals surface area contributed by atoms with Crippen LogP contribution in [0, 0.1) is 18.9 Å². The molecule has 1 amide bonds. The number of anilines is 2. The van der Waals surface area contributed by atoms with Crippen molar-refractivity contribution in [3.05, 3.63) is 77.3 Å². The SMILES string of the molecule is [C-]#[N+]C[C@H]1CN(c2nc(O[C@@H](C)CN(C)C3CC4(CCC4)C3)nc3c2CCN(c2cccc4cccc(C)c24)C3)CCN1C(=O)C=C. The Morgan fingerprint density at radius 1 is 1.17 bits per heavy atom. The van der Waals surface area contributed by atoms with Crippen LogP contribution in [0.15, 0.2) is 49.1 Å². The summed E-state index contributed by atoms with van der Waals surface area (Å²) < 4.78 is 6.54. The molecule has 47 heavy (non-hydrogen) atoms. The molecule has 1 saturated heterocycles. The van der Waals surface area contributed by atoms with E-state index in [1.165, 1.54) is 60.2 Å². The van der Waals surface area contributed by atoms with Gasteiger partial charge in [-0.05, 0) is 81.5 Å². The highest BCUT2D eigenvalue weighted by atomic mass is 16.5. The normalized spacial score (nSPS) is 21.2. The van der Waals surface area contributed by atoms with E-state index in [-0.39, 0.29) is 24.6 Å². The molecule has 2 aliphatic carbocycles. The first kappa shape index (κ1) is 31.4. The van der Waals surface area contributed by atoms with Crippen molar-refractivity contribution < 1.29 is 9.53 Å². The fourth-order valence-electron chi connectivity index (χ4n) is 8.50. The molecular weight excluding hydrogens is 586 g/mol. The van der Waals surface area contributed by atoms with Crippen LogP contribution in [0.4, 0.5) is 11.5 Å². The van der Waals surface area contributed by atoms with Gasteiger partial charge in [-0.15, -0.1) is 0 Å². The third-order valence-electron chi connectivity index (χ3n) is 11.2. The van der Waals surface area contributed by atoms with Gasteiger partial charge in [-0.1, -0.05) is 43.3 Å². The second-order valence-corrected chi connectivity index (χ2v) is 14.3. The maximum atomic E-state index is 12.6. The van der Waals surface area contributed by atoms with Crippen LogP contribution in [0.25, 0.3) is 15.6 Å². The number of rotatable bonds is 9. The third-order valence-corrected chi connectivity index (χ3v) is 11.2. The van der Waals surface area contributed by atoms with Crippen LogP contribution in [0.5, 0.6) is 6.01 Å². The van der Waals surface area contributed by atoms with E-state index in [9.17, 15) is 4.79 Å². The Labute approximate surface area is 279 Å². The highest BCUT2D eigenvalue weighted by molar-refractivity contribution is 5.97. The standard InChI is InChI=1S/C38H47N7O2/c1-6-34(46)45-19-18-44(24-30(45)22-39-4)36-31-14-17-43(33-13-8-12-28-11-7-10-26(2)35(28)33)25-32(31)40-37(41-36)47-27(3)23-42(5)29-20-38(21-29)15-9-16-38/h6-8,10-13,27,29-30H,1,9,14-25H2,2-3,5H3/t27-,30-/m0/s1. The average molecular weight is 634 g/mol. The van der Waals surface area contributed by atoms with E-state index in [1.54, 1.807) is 4.90 Å².